The molecule has 1 aromatic heterocycles. The number of nitrogens with zero attached hydrogens (tertiary/aromatic N) is 3. The summed E-state index contributed by atoms with van der Waals surface area (Å²) in [7, 11) is 0. The summed E-state index contributed by atoms with van der Waals surface area (Å²) in [6, 6.07) is 4.46. The van der Waals surface area contributed by atoms with Crippen molar-refractivity contribution < 1.29 is 18.7 Å². The first kappa shape index (κ1) is 17.3. The van der Waals surface area contributed by atoms with Crippen molar-refractivity contribution in [2.24, 2.45) is 11.8 Å². The molecule has 0 radical (unpaired) electrons. The van der Waals surface area contributed by atoms with Crippen LogP contribution in [0.15, 0.2) is 28.9 Å². The lowest BCUT2D eigenvalue weighted by Gasteiger charge is -2.15. The van der Waals surface area contributed by atoms with Crippen LogP contribution in [-0.4, -0.2) is 33.8 Å². The van der Waals surface area contributed by atoms with Crippen LogP contribution in [0, 0.1) is 17.7 Å². The molecule has 0 spiro atoms. The Balaban J connectivity index is 1.47. The number of benzene rings is 1. The quantitative estimate of drug-likeness (QED) is 0.669. The Hall–Kier alpha value is -1.77. The van der Waals surface area contributed by atoms with E-state index in [1.807, 2.05) is 0 Å². The van der Waals surface area contributed by atoms with Gasteiger partial charge in [0, 0.05) is 16.8 Å². The smallest absolute Gasteiger partial charge is 0.241 e. The lowest BCUT2D eigenvalue weighted by molar-refractivity contribution is -0.124. The number of hydrogen-bond acceptors (Lipinski definition) is 4. The summed E-state index contributed by atoms with van der Waals surface area (Å²) in [6.07, 6.45) is 2.86. The first-order valence-electron chi connectivity index (χ1n) is 8.65. The van der Waals surface area contributed by atoms with Gasteiger partial charge in [0.2, 0.25) is 11.8 Å². The van der Waals surface area contributed by atoms with Crippen LogP contribution in [0.4, 0.5) is 10.2 Å². The Bertz CT molecular complexity index is 933. The molecule has 0 N–H and O–H groups in total. The fourth-order valence-electron chi connectivity index (χ4n) is 4.39. The topological polar surface area (TPSA) is 64.4 Å². The van der Waals surface area contributed by atoms with E-state index >= 15 is 0 Å². The predicted molar refractivity (Wildman–Crippen MR) is 97.8 cm³/mol. The Morgan fingerprint density at radius 3 is 2.52 bits per heavy atom. The predicted octanol–water partition coefficient (Wildman–Crippen LogP) is 3.15. The summed E-state index contributed by atoms with van der Waals surface area (Å²) in [5.41, 5.74) is 0.295. The van der Waals surface area contributed by atoms with Gasteiger partial charge < -0.3 is 4.74 Å². The van der Waals surface area contributed by atoms with Crippen LogP contribution in [0.1, 0.15) is 18.4 Å². The van der Waals surface area contributed by atoms with Crippen molar-refractivity contribution in [2.75, 3.05) is 4.90 Å². The Morgan fingerprint density at radius 2 is 1.89 bits per heavy atom. The second-order valence-electron chi connectivity index (χ2n) is 7.05. The number of aromatic nitrogens is 2. The first-order chi connectivity index (χ1) is 13.0. The van der Waals surface area contributed by atoms with Gasteiger partial charge in [-0.2, -0.15) is 5.10 Å². The van der Waals surface area contributed by atoms with Gasteiger partial charge in [-0.05, 0) is 40.9 Å². The Kier molecular flexibility index (Phi) is 3.93. The minimum atomic E-state index is -0.438. The molecule has 2 amide bonds. The lowest BCUT2D eigenvalue weighted by atomic mass is 9.81. The highest BCUT2D eigenvalue weighted by Crippen LogP contribution is 2.49. The van der Waals surface area contributed by atoms with Crippen molar-refractivity contribution in [3.63, 3.8) is 0 Å². The zero-order valence-electron chi connectivity index (χ0n) is 13.9. The summed E-state index contributed by atoms with van der Waals surface area (Å²) in [6.45, 7) is 0.0849. The van der Waals surface area contributed by atoms with E-state index in [0.29, 0.717) is 15.1 Å². The van der Waals surface area contributed by atoms with E-state index in [1.54, 1.807) is 12.3 Å². The van der Waals surface area contributed by atoms with Gasteiger partial charge in [0.05, 0.1) is 35.1 Å². The van der Waals surface area contributed by atoms with Gasteiger partial charge in [-0.3, -0.25) is 14.3 Å². The highest BCUT2D eigenvalue weighted by atomic mass is 79.9. The second kappa shape index (κ2) is 6.12. The maximum Gasteiger partial charge on any atom is 0.241 e. The molecule has 6 nitrogen and oxygen atoms in total. The fraction of sp³-hybridized carbons (Fsp3) is 0.389. The van der Waals surface area contributed by atoms with E-state index in [1.165, 1.54) is 16.8 Å². The van der Waals surface area contributed by atoms with Gasteiger partial charge in [0.1, 0.15) is 5.82 Å². The number of carbonyl (C=O) groups excluding carboxylic acids is 2. The van der Waals surface area contributed by atoms with E-state index < -0.39 is 17.7 Å². The molecule has 3 fully saturated rings. The molecule has 0 aliphatic carbocycles. The highest BCUT2D eigenvalue weighted by Gasteiger charge is 2.63. The maximum atomic E-state index is 14.0. The van der Waals surface area contributed by atoms with Crippen molar-refractivity contribution in [2.45, 2.75) is 31.6 Å². The van der Waals surface area contributed by atoms with Gasteiger partial charge in [-0.15, -0.1) is 0 Å². The number of amides is 2. The normalized spacial score (nSPS) is 29.1. The molecule has 0 unspecified atom stereocenters. The summed E-state index contributed by atoms with van der Waals surface area (Å²) in [5.74, 6) is -1.60. The number of hydrogen-bond donors (Lipinski definition) is 0. The lowest BCUT2D eigenvalue weighted by Crippen LogP contribution is -2.34. The van der Waals surface area contributed by atoms with Gasteiger partial charge in [-0.25, -0.2) is 9.29 Å². The molecule has 2 aromatic rings. The number of carbonyl (C=O) groups is 2. The molecule has 4 heterocycles. The number of fused-ring (bicyclic) bond motifs is 5. The zero-order valence-corrected chi connectivity index (χ0v) is 16.3. The largest absolute Gasteiger partial charge is 0.373 e. The van der Waals surface area contributed by atoms with Gasteiger partial charge in [0.15, 0.2) is 5.82 Å². The van der Waals surface area contributed by atoms with Crippen LogP contribution in [0.25, 0.3) is 0 Å². The molecular formula is C18H14BrClFN3O3. The average molecular weight is 455 g/mol. The molecule has 5 rings (SSSR count). The summed E-state index contributed by atoms with van der Waals surface area (Å²) in [5, 5.41) is 4.65. The van der Waals surface area contributed by atoms with Crippen LogP contribution in [-0.2, 0) is 20.9 Å². The SMILES string of the molecule is O=C1[C@@H]2[C@@H](C(=O)N1c1nn(Cc3c(F)cccc3Cl)cc1Br)[C@H]1CC[C@@H]2O1. The van der Waals surface area contributed by atoms with E-state index in [2.05, 4.69) is 21.0 Å². The van der Waals surface area contributed by atoms with Gasteiger partial charge in [0.25, 0.3) is 0 Å². The van der Waals surface area contributed by atoms with E-state index in [4.69, 9.17) is 16.3 Å². The van der Waals surface area contributed by atoms with Crippen molar-refractivity contribution in [3.8, 4) is 0 Å². The third-order valence-electron chi connectivity index (χ3n) is 5.58. The van der Waals surface area contributed by atoms with Gasteiger partial charge >= 0.3 is 0 Å². The average Bonchev–Trinajstić information content (AvgIpc) is 3.36. The third-order valence-corrected chi connectivity index (χ3v) is 6.49. The molecule has 4 atom stereocenters. The summed E-state index contributed by atoms with van der Waals surface area (Å²) >= 11 is 9.45. The number of rotatable bonds is 3. The molecule has 27 heavy (non-hydrogen) atoms. The highest BCUT2D eigenvalue weighted by molar-refractivity contribution is 9.10. The van der Waals surface area contributed by atoms with Crippen LogP contribution in [0.2, 0.25) is 5.02 Å². The number of ether oxygens (including phenoxy) is 1. The molecular weight excluding hydrogens is 441 g/mol. The van der Waals surface area contributed by atoms with E-state index in [9.17, 15) is 14.0 Å². The molecule has 1 aromatic carbocycles. The number of imide groups is 1. The van der Waals surface area contributed by atoms with Crippen molar-refractivity contribution >= 4 is 45.2 Å². The van der Waals surface area contributed by atoms with Crippen molar-refractivity contribution in [1.29, 1.82) is 0 Å². The monoisotopic (exact) mass is 453 g/mol. The standard InChI is InChI=1S/C18H14BrClFN3O3/c19-9-7-23(6-8-10(20)2-1-3-11(8)21)22-16(9)24-17(25)14-12-4-5-13(27-12)15(14)18(24)26/h1-3,7,12-15H,4-6H2/t12-,13+,14-,15-/m0/s1. The first-order valence-corrected chi connectivity index (χ1v) is 9.82. The molecule has 2 bridgehead atoms. The summed E-state index contributed by atoms with van der Waals surface area (Å²) in [4.78, 5) is 26.9. The van der Waals surface area contributed by atoms with Crippen LogP contribution < -0.4 is 4.90 Å². The minimum absolute atomic E-state index is 0.0849. The molecule has 9 heteroatoms. The molecule has 3 aliphatic heterocycles. The minimum Gasteiger partial charge on any atom is -0.373 e. The van der Waals surface area contributed by atoms with Crippen molar-refractivity contribution in [3.05, 3.63) is 45.3 Å². The van der Waals surface area contributed by atoms with Crippen molar-refractivity contribution in [1.82, 2.24) is 9.78 Å². The number of halogens is 3. The Labute approximate surface area is 167 Å². The van der Waals surface area contributed by atoms with E-state index in [0.717, 1.165) is 17.7 Å². The molecule has 3 saturated heterocycles. The molecule has 3 aliphatic rings. The van der Waals surface area contributed by atoms with Crippen LogP contribution in [0.5, 0.6) is 0 Å². The Morgan fingerprint density at radius 1 is 1.22 bits per heavy atom. The zero-order chi connectivity index (χ0) is 18.9. The summed E-state index contributed by atoms with van der Waals surface area (Å²) < 4.78 is 21.7. The second-order valence-corrected chi connectivity index (χ2v) is 8.31. The van der Waals surface area contributed by atoms with E-state index in [-0.39, 0.29) is 36.4 Å². The number of anilines is 1. The van der Waals surface area contributed by atoms with Crippen LogP contribution in [0.3, 0.4) is 0 Å². The van der Waals surface area contributed by atoms with Crippen LogP contribution >= 0.6 is 27.5 Å². The molecule has 140 valence electrons. The third kappa shape index (κ3) is 2.50. The van der Waals surface area contributed by atoms with Gasteiger partial charge in [-0.1, -0.05) is 17.7 Å². The maximum absolute atomic E-state index is 14.0. The molecule has 0 saturated carbocycles. The fourth-order valence-corrected chi connectivity index (χ4v) is 5.10.